The Bertz CT molecular complexity index is 786. The van der Waals surface area contributed by atoms with Crippen molar-refractivity contribution in [2.24, 2.45) is 5.92 Å². The molecule has 1 unspecified atom stereocenters. The van der Waals surface area contributed by atoms with Gasteiger partial charge >= 0.3 is 5.97 Å². The van der Waals surface area contributed by atoms with Crippen molar-refractivity contribution < 1.29 is 9.90 Å². The lowest BCUT2D eigenvalue weighted by Gasteiger charge is -2.25. The van der Waals surface area contributed by atoms with Gasteiger partial charge in [-0.25, -0.2) is 14.8 Å². The van der Waals surface area contributed by atoms with E-state index in [9.17, 15) is 9.90 Å². The number of anilines is 1. The second-order valence-electron chi connectivity index (χ2n) is 6.82. The number of nitrogens with zero attached hydrogens (tertiary/aromatic N) is 3. The van der Waals surface area contributed by atoms with Gasteiger partial charge in [-0.1, -0.05) is 6.92 Å². The van der Waals surface area contributed by atoms with Crippen molar-refractivity contribution in [2.45, 2.75) is 52.0 Å². The van der Waals surface area contributed by atoms with Gasteiger partial charge in [0.15, 0.2) is 0 Å². The molecule has 0 spiro atoms. The van der Waals surface area contributed by atoms with E-state index < -0.39 is 12.0 Å². The number of carbonyl (C=O) groups is 1. The summed E-state index contributed by atoms with van der Waals surface area (Å²) in [5.41, 5.74) is 1.37. The summed E-state index contributed by atoms with van der Waals surface area (Å²) < 4.78 is 0. The van der Waals surface area contributed by atoms with Gasteiger partial charge in [-0.3, -0.25) is 0 Å². The molecule has 2 atom stereocenters. The Labute approximate surface area is 139 Å². The lowest BCUT2D eigenvalue weighted by Crippen LogP contribution is -2.36. The summed E-state index contributed by atoms with van der Waals surface area (Å²) in [7, 11) is 0. The first kappa shape index (κ1) is 14.9. The molecule has 1 N–H and O–H groups in total. The monoisotopic (exact) mass is 331 g/mol. The standard InChI is InChI=1S/C17H21N3O2S/c1-9-5-6-11-13(8-9)23-16-14(11)15(18-10(2)19-16)20-7-3-4-12(20)17(21)22/h9,12H,3-8H2,1-2H3,(H,21,22)/t9?,12-/m1/s1. The van der Waals surface area contributed by atoms with E-state index >= 15 is 0 Å². The maximum absolute atomic E-state index is 11.6. The van der Waals surface area contributed by atoms with E-state index in [2.05, 4.69) is 16.9 Å². The summed E-state index contributed by atoms with van der Waals surface area (Å²) in [6.45, 7) is 4.96. The van der Waals surface area contributed by atoms with E-state index in [0.717, 1.165) is 47.7 Å². The highest BCUT2D eigenvalue weighted by molar-refractivity contribution is 7.19. The maximum atomic E-state index is 11.6. The zero-order valence-corrected chi connectivity index (χ0v) is 14.3. The van der Waals surface area contributed by atoms with Crippen molar-refractivity contribution in [1.82, 2.24) is 9.97 Å². The number of hydrogen-bond acceptors (Lipinski definition) is 5. The molecular formula is C17H21N3O2S. The molecule has 0 amide bonds. The van der Waals surface area contributed by atoms with Crippen LogP contribution in [-0.2, 0) is 17.6 Å². The Hall–Kier alpha value is -1.69. The quantitative estimate of drug-likeness (QED) is 0.915. The molecule has 1 saturated heterocycles. The third-order valence-corrected chi connectivity index (χ3v) is 6.21. The summed E-state index contributed by atoms with van der Waals surface area (Å²) in [6, 6.07) is -0.453. The molecule has 0 bridgehead atoms. The Kier molecular flexibility index (Phi) is 3.52. The van der Waals surface area contributed by atoms with E-state index in [0.29, 0.717) is 12.3 Å². The molecule has 0 aromatic carbocycles. The first-order chi connectivity index (χ1) is 11.0. The Balaban J connectivity index is 1.90. The Morgan fingerprint density at radius 2 is 2.17 bits per heavy atom. The van der Waals surface area contributed by atoms with E-state index in [1.54, 1.807) is 11.3 Å². The second kappa shape index (κ2) is 5.44. The summed E-state index contributed by atoms with van der Waals surface area (Å²) in [5.74, 6) is 1.55. The SMILES string of the molecule is Cc1nc(N2CCC[C@@H]2C(=O)O)c2c3c(sc2n1)CC(C)CC3. The van der Waals surface area contributed by atoms with Gasteiger partial charge in [-0.05, 0) is 50.5 Å². The van der Waals surface area contributed by atoms with Gasteiger partial charge < -0.3 is 10.0 Å². The molecule has 4 rings (SSSR count). The number of aryl methyl sites for hydroxylation is 2. The van der Waals surface area contributed by atoms with Gasteiger partial charge in [0.2, 0.25) is 0 Å². The molecule has 1 fully saturated rings. The van der Waals surface area contributed by atoms with Crippen LogP contribution in [0.3, 0.4) is 0 Å². The van der Waals surface area contributed by atoms with Crippen LogP contribution in [0, 0.1) is 12.8 Å². The number of thiophene rings is 1. The van der Waals surface area contributed by atoms with Gasteiger partial charge in [-0.15, -0.1) is 11.3 Å². The van der Waals surface area contributed by atoms with Gasteiger partial charge in [0.1, 0.15) is 22.5 Å². The minimum Gasteiger partial charge on any atom is -0.480 e. The third-order valence-electron chi connectivity index (χ3n) is 5.06. The van der Waals surface area contributed by atoms with Crippen LogP contribution in [0.2, 0.25) is 0 Å². The highest BCUT2D eigenvalue weighted by Crippen LogP contribution is 2.42. The molecule has 3 heterocycles. The van der Waals surface area contributed by atoms with Crippen LogP contribution in [0.1, 0.15) is 42.5 Å². The fraction of sp³-hybridized carbons (Fsp3) is 0.588. The van der Waals surface area contributed by atoms with Crippen LogP contribution in [0.25, 0.3) is 10.2 Å². The van der Waals surface area contributed by atoms with Crippen LogP contribution < -0.4 is 4.90 Å². The molecule has 5 nitrogen and oxygen atoms in total. The normalized spacial score (nSPS) is 24.2. The molecular weight excluding hydrogens is 310 g/mol. The summed E-state index contributed by atoms with van der Waals surface area (Å²) in [4.78, 5) is 25.4. The average Bonchev–Trinajstić information content (AvgIpc) is 3.09. The first-order valence-corrected chi connectivity index (χ1v) is 9.14. The van der Waals surface area contributed by atoms with Crippen LogP contribution in [-0.4, -0.2) is 33.6 Å². The Morgan fingerprint density at radius 1 is 1.35 bits per heavy atom. The zero-order chi connectivity index (χ0) is 16.1. The molecule has 2 aromatic heterocycles. The highest BCUT2D eigenvalue weighted by atomic mass is 32.1. The second-order valence-corrected chi connectivity index (χ2v) is 7.90. The summed E-state index contributed by atoms with van der Waals surface area (Å²) >= 11 is 1.78. The van der Waals surface area contributed by atoms with Crippen LogP contribution in [0.4, 0.5) is 5.82 Å². The largest absolute Gasteiger partial charge is 0.480 e. The van der Waals surface area contributed by atoms with Crippen molar-refractivity contribution >= 4 is 33.3 Å². The van der Waals surface area contributed by atoms with Gasteiger partial charge in [0, 0.05) is 11.4 Å². The fourth-order valence-corrected chi connectivity index (χ4v) is 5.33. The van der Waals surface area contributed by atoms with E-state index in [1.165, 1.54) is 16.9 Å². The van der Waals surface area contributed by atoms with Crippen molar-refractivity contribution in [2.75, 3.05) is 11.4 Å². The minimum atomic E-state index is -0.746. The predicted molar refractivity (Wildman–Crippen MR) is 91.3 cm³/mol. The topological polar surface area (TPSA) is 66.3 Å². The third kappa shape index (κ3) is 2.40. The van der Waals surface area contributed by atoms with Crippen molar-refractivity contribution in [3.63, 3.8) is 0 Å². The molecule has 2 aromatic rings. The number of hydrogen-bond donors (Lipinski definition) is 1. The average molecular weight is 331 g/mol. The number of rotatable bonds is 2. The van der Waals surface area contributed by atoms with E-state index in [4.69, 9.17) is 0 Å². The minimum absolute atomic E-state index is 0.453. The van der Waals surface area contributed by atoms with E-state index in [1.807, 2.05) is 11.8 Å². The number of carboxylic acid groups (broad SMARTS) is 1. The molecule has 0 saturated carbocycles. The zero-order valence-electron chi connectivity index (χ0n) is 13.5. The van der Waals surface area contributed by atoms with Crippen molar-refractivity contribution in [1.29, 1.82) is 0 Å². The first-order valence-electron chi connectivity index (χ1n) is 8.33. The van der Waals surface area contributed by atoms with E-state index in [-0.39, 0.29) is 0 Å². The molecule has 1 aliphatic carbocycles. The predicted octanol–water partition coefficient (Wildman–Crippen LogP) is 3.18. The van der Waals surface area contributed by atoms with Gasteiger partial charge in [0.05, 0.1) is 5.39 Å². The van der Waals surface area contributed by atoms with Crippen molar-refractivity contribution in [3.05, 3.63) is 16.3 Å². The summed E-state index contributed by atoms with van der Waals surface area (Å²) in [6.07, 6.45) is 4.96. The molecule has 0 radical (unpaired) electrons. The number of fused-ring (bicyclic) bond motifs is 3. The van der Waals surface area contributed by atoms with Crippen molar-refractivity contribution in [3.8, 4) is 0 Å². The number of aromatic nitrogens is 2. The molecule has 6 heteroatoms. The van der Waals surface area contributed by atoms with Crippen LogP contribution in [0.5, 0.6) is 0 Å². The molecule has 23 heavy (non-hydrogen) atoms. The Morgan fingerprint density at radius 3 is 2.96 bits per heavy atom. The van der Waals surface area contributed by atoms with Crippen LogP contribution in [0.15, 0.2) is 0 Å². The highest BCUT2D eigenvalue weighted by Gasteiger charge is 2.34. The lowest BCUT2D eigenvalue weighted by atomic mass is 9.89. The molecule has 2 aliphatic rings. The smallest absolute Gasteiger partial charge is 0.326 e. The van der Waals surface area contributed by atoms with Crippen LogP contribution >= 0.6 is 11.3 Å². The fourth-order valence-electron chi connectivity index (χ4n) is 3.91. The maximum Gasteiger partial charge on any atom is 0.326 e. The molecule has 1 aliphatic heterocycles. The lowest BCUT2D eigenvalue weighted by molar-refractivity contribution is -0.138. The van der Waals surface area contributed by atoms with Gasteiger partial charge in [-0.2, -0.15) is 0 Å². The summed E-state index contributed by atoms with van der Waals surface area (Å²) in [5, 5.41) is 10.6. The number of aliphatic carboxylic acids is 1. The number of carboxylic acids is 1. The van der Waals surface area contributed by atoms with Gasteiger partial charge in [0.25, 0.3) is 0 Å². The molecule has 122 valence electrons.